The Morgan fingerprint density at radius 1 is 1.50 bits per heavy atom. The van der Waals surface area contributed by atoms with Gasteiger partial charge < -0.3 is 5.11 Å². The van der Waals surface area contributed by atoms with Crippen LogP contribution in [0.25, 0.3) is 0 Å². The van der Waals surface area contributed by atoms with Crippen molar-refractivity contribution in [2.75, 3.05) is 13.1 Å². The quantitative estimate of drug-likeness (QED) is 0.658. The van der Waals surface area contributed by atoms with Gasteiger partial charge in [-0.2, -0.15) is 13.5 Å². The van der Waals surface area contributed by atoms with Gasteiger partial charge in [0.25, 0.3) is 10.0 Å². The number of hydrogen-bond acceptors (Lipinski definition) is 5. The number of hydrogen-bond donors (Lipinski definition) is 1. The average molecular weight is 324 g/mol. The minimum atomic E-state index is -3.86. The van der Waals surface area contributed by atoms with Crippen molar-refractivity contribution in [3.63, 3.8) is 0 Å². The fraction of sp³-hybridized carbons (Fsp3) is 0.429. The summed E-state index contributed by atoms with van der Waals surface area (Å²) >= 11 is 0. The van der Waals surface area contributed by atoms with Crippen LogP contribution in [0.1, 0.15) is 20.8 Å². The van der Waals surface area contributed by atoms with Crippen LogP contribution in [-0.2, 0) is 10.0 Å². The number of rotatable bonds is 5. The molecule has 0 bridgehead atoms. The number of benzene rings is 1. The van der Waals surface area contributed by atoms with Crippen LogP contribution < -0.4 is 0 Å². The molecule has 22 heavy (non-hydrogen) atoms. The first-order chi connectivity index (χ1) is 10.2. The summed E-state index contributed by atoms with van der Waals surface area (Å²) in [6.45, 7) is 7.16. The lowest BCUT2D eigenvalue weighted by Crippen LogP contribution is -2.39. The van der Waals surface area contributed by atoms with Crippen LogP contribution in [0.3, 0.4) is 0 Å². The maximum Gasteiger partial charge on any atom is 0.283 e. The first-order valence-electron chi connectivity index (χ1n) is 6.92. The monoisotopic (exact) mass is 324 g/mol. The molecule has 1 N–H and O–H groups in total. The molecule has 8 heteroatoms. The fourth-order valence-corrected chi connectivity index (χ4v) is 2.83. The van der Waals surface area contributed by atoms with E-state index in [1.807, 2.05) is 27.0 Å². The zero-order valence-corrected chi connectivity index (χ0v) is 13.7. The summed E-state index contributed by atoms with van der Waals surface area (Å²) < 4.78 is 28.0. The highest BCUT2D eigenvalue weighted by Crippen LogP contribution is 2.22. The van der Waals surface area contributed by atoms with Gasteiger partial charge in [0.15, 0.2) is 0 Å². The summed E-state index contributed by atoms with van der Waals surface area (Å²) in [5.41, 5.74) is -0.0641. The normalized spacial score (nSPS) is 17.3. The highest BCUT2D eigenvalue weighted by Gasteiger charge is 2.27. The van der Waals surface area contributed by atoms with E-state index in [9.17, 15) is 13.5 Å². The Hall–Kier alpha value is -2.09. The Balaban J connectivity index is 2.17. The minimum absolute atomic E-state index is 0.0509. The van der Waals surface area contributed by atoms with E-state index in [1.165, 1.54) is 30.6 Å². The highest BCUT2D eigenvalue weighted by atomic mass is 32.2. The summed E-state index contributed by atoms with van der Waals surface area (Å²) in [5, 5.41) is 16.9. The van der Waals surface area contributed by atoms with Gasteiger partial charge in [0.1, 0.15) is 12.1 Å². The second kappa shape index (κ2) is 5.96. The number of aromatic hydroxyl groups is 1. The molecule has 0 radical (unpaired) electrons. The molecule has 0 atom stereocenters. The molecule has 1 aliphatic rings. The predicted molar refractivity (Wildman–Crippen MR) is 85.1 cm³/mol. The van der Waals surface area contributed by atoms with Crippen molar-refractivity contribution in [1.29, 1.82) is 0 Å². The smallest absolute Gasteiger partial charge is 0.283 e. The van der Waals surface area contributed by atoms with E-state index < -0.39 is 10.0 Å². The first-order valence-corrected chi connectivity index (χ1v) is 8.36. The van der Waals surface area contributed by atoms with Gasteiger partial charge in [-0.25, -0.2) is 5.12 Å². The summed E-state index contributed by atoms with van der Waals surface area (Å²) in [6.07, 6.45) is 3.07. The van der Waals surface area contributed by atoms with Crippen LogP contribution >= 0.6 is 0 Å². The molecule has 7 nitrogen and oxygen atoms in total. The summed E-state index contributed by atoms with van der Waals surface area (Å²) in [7, 11) is -3.86. The molecule has 0 fully saturated rings. The third-order valence-electron chi connectivity index (χ3n) is 3.14. The summed E-state index contributed by atoms with van der Waals surface area (Å²) in [6, 6.07) is 5.42. The van der Waals surface area contributed by atoms with Crippen molar-refractivity contribution in [1.82, 2.24) is 10.1 Å². The molecule has 1 aromatic carbocycles. The standard InChI is InChI=1S/C14H20N4O3S/c1-4-17(18-10-14(2,3)9-15-18)11-16-22(20,21)13-7-5-6-12(19)8-13/h5-9,11,19H,4,10H2,1-3H3. The van der Waals surface area contributed by atoms with E-state index in [0.29, 0.717) is 13.1 Å². The van der Waals surface area contributed by atoms with Crippen LogP contribution in [0.4, 0.5) is 0 Å². The minimum Gasteiger partial charge on any atom is -0.508 e. The zero-order valence-electron chi connectivity index (χ0n) is 12.8. The molecule has 0 aromatic heterocycles. The molecule has 1 aromatic rings. The largest absolute Gasteiger partial charge is 0.508 e. The third-order valence-corrected chi connectivity index (χ3v) is 4.37. The van der Waals surface area contributed by atoms with Crippen molar-refractivity contribution < 1.29 is 13.5 Å². The molecule has 0 spiro atoms. The average Bonchev–Trinajstić information content (AvgIpc) is 2.80. The molecule has 0 aliphatic carbocycles. The van der Waals surface area contributed by atoms with Gasteiger partial charge in [-0.15, -0.1) is 4.40 Å². The Labute approximate surface area is 130 Å². The lowest BCUT2D eigenvalue weighted by atomic mass is 9.97. The highest BCUT2D eigenvalue weighted by molar-refractivity contribution is 7.90. The van der Waals surface area contributed by atoms with Crippen molar-refractivity contribution in [3.05, 3.63) is 24.3 Å². The molecule has 1 heterocycles. The van der Waals surface area contributed by atoms with E-state index in [1.54, 1.807) is 10.1 Å². The Morgan fingerprint density at radius 3 is 2.77 bits per heavy atom. The fourth-order valence-electron chi connectivity index (χ4n) is 1.95. The number of phenols is 1. The van der Waals surface area contributed by atoms with Crippen molar-refractivity contribution >= 4 is 22.6 Å². The summed E-state index contributed by atoms with van der Waals surface area (Å²) in [5.74, 6) is -0.116. The Kier molecular flexibility index (Phi) is 4.41. The number of hydrazine groups is 1. The molecule has 2 rings (SSSR count). The molecular weight excluding hydrogens is 304 g/mol. The van der Waals surface area contributed by atoms with E-state index in [4.69, 9.17) is 0 Å². The SMILES string of the molecule is CCN(C=NS(=O)(=O)c1cccc(O)c1)N1CC(C)(C)C=N1. The van der Waals surface area contributed by atoms with Crippen LogP contribution in [0.2, 0.25) is 0 Å². The van der Waals surface area contributed by atoms with E-state index >= 15 is 0 Å². The number of sulfonamides is 1. The van der Waals surface area contributed by atoms with E-state index in [2.05, 4.69) is 9.50 Å². The zero-order chi connectivity index (χ0) is 16.4. The molecule has 120 valence electrons. The van der Waals surface area contributed by atoms with Crippen LogP contribution in [0, 0.1) is 5.41 Å². The molecule has 0 saturated carbocycles. The van der Waals surface area contributed by atoms with Crippen molar-refractivity contribution in [3.8, 4) is 5.75 Å². The predicted octanol–water partition coefficient (Wildman–Crippen LogP) is 1.67. The molecule has 0 amide bonds. The molecule has 1 aliphatic heterocycles. The number of nitrogens with zero attached hydrogens (tertiary/aromatic N) is 4. The van der Waals surface area contributed by atoms with E-state index in [-0.39, 0.29) is 16.1 Å². The van der Waals surface area contributed by atoms with Crippen LogP contribution in [0.15, 0.2) is 38.7 Å². The topological polar surface area (TPSA) is 85.6 Å². The lowest BCUT2D eigenvalue weighted by molar-refractivity contribution is 0.0545. The van der Waals surface area contributed by atoms with Gasteiger partial charge >= 0.3 is 0 Å². The van der Waals surface area contributed by atoms with Crippen molar-refractivity contribution in [2.24, 2.45) is 14.9 Å². The van der Waals surface area contributed by atoms with Gasteiger partial charge in [-0.1, -0.05) is 19.9 Å². The van der Waals surface area contributed by atoms with Gasteiger partial charge in [-0.3, -0.25) is 5.01 Å². The van der Waals surface area contributed by atoms with Crippen LogP contribution in [0.5, 0.6) is 5.75 Å². The first kappa shape index (κ1) is 16.3. The third kappa shape index (κ3) is 3.76. The van der Waals surface area contributed by atoms with Gasteiger partial charge in [0.05, 0.1) is 11.4 Å². The van der Waals surface area contributed by atoms with E-state index in [0.717, 1.165) is 0 Å². The maximum absolute atomic E-state index is 12.2. The maximum atomic E-state index is 12.2. The number of hydrazone groups is 1. The summed E-state index contributed by atoms with van der Waals surface area (Å²) in [4.78, 5) is -0.0509. The number of phenolic OH excluding ortho intramolecular Hbond substituents is 1. The van der Waals surface area contributed by atoms with Gasteiger partial charge in [0.2, 0.25) is 0 Å². The molecular formula is C14H20N4O3S. The Morgan fingerprint density at radius 2 is 2.23 bits per heavy atom. The molecule has 0 saturated heterocycles. The molecule has 0 unspecified atom stereocenters. The van der Waals surface area contributed by atoms with Gasteiger partial charge in [0, 0.05) is 24.2 Å². The van der Waals surface area contributed by atoms with Crippen molar-refractivity contribution in [2.45, 2.75) is 25.7 Å². The second-order valence-corrected chi connectivity index (χ2v) is 7.34. The second-order valence-electron chi connectivity index (χ2n) is 5.71. The Bertz CT molecular complexity index is 698. The van der Waals surface area contributed by atoms with Gasteiger partial charge in [-0.05, 0) is 19.1 Å². The van der Waals surface area contributed by atoms with Crippen LogP contribution in [-0.4, -0.2) is 49.3 Å². The lowest BCUT2D eigenvalue weighted by Gasteiger charge is -2.28.